The standard InChI is InChI=1S/C10H8F6O6/c11-9(12,13)7(17)21-3-1-19-6-4(2-20-5(3)6)22-8(18)10(14,15)16/h3-6H,1-2H2/t3-,4+,5-,6-/m1/s1. The number of halogens is 6. The molecule has 0 amide bonds. The van der Waals surface area contributed by atoms with Gasteiger partial charge in [0, 0.05) is 0 Å². The van der Waals surface area contributed by atoms with Gasteiger partial charge in [-0.2, -0.15) is 26.3 Å². The molecule has 0 aliphatic carbocycles. The molecule has 0 aromatic rings. The van der Waals surface area contributed by atoms with Crippen molar-refractivity contribution >= 4 is 11.9 Å². The van der Waals surface area contributed by atoms with E-state index in [4.69, 9.17) is 9.47 Å². The molecule has 0 radical (unpaired) electrons. The number of carbonyl (C=O) groups excluding carboxylic acids is 2. The molecule has 22 heavy (non-hydrogen) atoms. The van der Waals surface area contributed by atoms with Crippen LogP contribution in [0.5, 0.6) is 0 Å². The van der Waals surface area contributed by atoms with Crippen LogP contribution in [0.15, 0.2) is 0 Å². The maximum atomic E-state index is 12.1. The van der Waals surface area contributed by atoms with Crippen molar-refractivity contribution in [1.29, 1.82) is 0 Å². The lowest BCUT2D eigenvalue weighted by Crippen LogP contribution is -2.39. The number of hydrogen-bond donors (Lipinski definition) is 0. The fraction of sp³-hybridized carbons (Fsp3) is 0.800. The first-order chi connectivity index (χ1) is 10.00. The van der Waals surface area contributed by atoms with Gasteiger partial charge >= 0.3 is 24.3 Å². The molecule has 2 saturated heterocycles. The molecule has 2 heterocycles. The minimum atomic E-state index is -5.22. The Morgan fingerprint density at radius 1 is 0.773 bits per heavy atom. The first-order valence-electron chi connectivity index (χ1n) is 5.79. The number of fused-ring (bicyclic) bond motifs is 1. The molecule has 2 rings (SSSR count). The Bertz CT molecular complexity index is 418. The first-order valence-corrected chi connectivity index (χ1v) is 5.79. The van der Waals surface area contributed by atoms with Gasteiger partial charge in [0.15, 0.2) is 12.2 Å². The maximum Gasteiger partial charge on any atom is 0.490 e. The molecule has 6 nitrogen and oxygen atoms in total. The molecule has 2 aliphatic heterocycles. The number of alkyl halides is 6. The molecule has 0 N–H and O–H groups in total. The summed E-state index contributed by atoms with van der Waals surface area (Å²) in [6.07, 6.45) is -15.8. The van der Waals surface area contributed by atoms with Gasteiger partial charge in [0.1, 0.15) is 12.2 Å². The average molecular weight is 338 g/mol. The number of carbonyl (C=O) groups is 2. The normalized spacial score (nSPS) is 31.7. The highest BCUT2D eigenvalue weighted by molar-refractivity contribution is 5.76. The van der Waals surface area contributed by atoms with Gasteiger partial charge in [-0.05, 0) is 0 Å². The zero-order chi connectivity index (χ0) is 16.7. The minimum absolute atomic E-state index is 0.517. The van der Waals surface area contributed by atoms with Gasteiger partial charge in [-0.3, -0.25) is 0 Å². The Hall–Kier alpha value is -1.56. The number of rotatable bonds is 2. The summed E-state index contributed by atoms with van der Waals surface area (Å²) in [5, 5.41) is 0. The molecule has 0 aromatic carbocycles. The van der Waals surface area contributed by atoms with E-state index in [9.17, 15) is 35.9 Å². The van der Waals surface area contributed by atoms with Gasteiger partial charge < -0.3 is 18.9 Å². The van der Waals surface area contributed by atoms with E-state index in [1.54, 1.807) is 0 Å². The molecule has 126 valence electrons. The monoisotopic (exact) mass is 338 g/mol. The van der Waals surface area contributed by atoms with E-state index in [-0.39, 0.29) is 0 Å². The predicted molar refractivity (Wildman–Crippen MR) is 51.4 cm³/mol. The summed E-state index contributed by atoms with van der Waals surface area (Å²) in [5.41, 5.74) is 0. The summed E-state index contributed by atoms with van der Waals surface area (Å²) in [6, 6.07) is 0. The molecule has 12 heteroatoms. The lowest BCUT2D eigenvalue weighted by molar-refractivity contribution is -0.209. The van der Waals surface area contributed by atoms with Crippen molar-refractivity contribution in [1.82, 2.24) is 0 Å². The molecular weight excluding hydrogens is 330 g/mol. The Balaban J connectivity index is 1.94. The van der Waals surface area contributed by atoms with Crippen LogP contribution < -0.4 is 0 Å². The molecule has 0 spiro atoms. The zero-order valence-corrected chi connectivity index (χ0v) is 10.4. The van der Waals surface area contributed by atoms with Crippen molar-refractivity contribution in [2.75, 3.05) is 13.2 Å². The van der Waals surface area contributed by atoms with Crippen molar-refractivity contribution in [3.8, 4) is 0 Å². The van der Waals surface area contributed by atoms with Crippen molar-refractivity contribution in [2.24, 2.45) is 0 Å². The van der Waals surface area contributed by atoms with Gasteiger partial charge in [-0.1, -0.05) is 0 Å². The van der Waals surface area contributed by atoms with Gasteiger partial charge in [0.25, 0.3) is 0 Å². The molecule has 0 aromatic heterocycles. The second-order valence-electron chi connectivity index (χ2n) is 4.48. The molecule has 4 atom stereocenters. The van der Waals surface area contributed by atoms with E-state index >= 15 is 0 Å². The third kappa shape index (κ3) is 3.43. The van der Waals surface area contributed by atoms with Crippen LogP contribution in [0, 0.1) is 0 Å². The van der Waals surface area contributed by atoms with Crippen LogP contribution >= 0.6 is 0 Å². The molecule has 0 bridgehead atoms. The van der Waals surface area contributed by atoms with E-state index in [0.717, 1.165) is 0 Å². The number of esters is 2. The number of ether oxygens (including phenoxy) is 4. The van der Waals surface area contributed by atoms with Crippen molar-refractivity contribution in [2.45, 2.75) is 36.8 Å². The fourth-order valence-electron chi connectivity index (χ4n) is 2.04. The summed E-state index contributed by atoms with van der Waals surface area (Å²) in [5.74, 6) is -4.94. The summed E-state index contributed by atoms with van der Waals surface area (Å²) >= 11 is 0. The van der Waals surface area contributed by atoms with Crippen LogP contribution in [-0.2, 0) is 28.5 Å². The first kappa shape index (κ1) is 16.8. The molecular formula is C10H8F6O6. The van der Waals surface area contributed by atoms with Gasteiger partial charge in [-0.15, -0.1) is 0 Å². The van der Waals surface area contributed by atoms with Crippen molar-refractivity contribution in [3.63, 3.8) is 0 Å². The highest BCUT2D eigenvalue weighted by Crippen LogP contribution is 2.33. The zero-order valence-electron chi connectivity index (χ0n) is 10.4. The minimum Gasteiger partial charge on any atom is -0.450 e. The van der Waals surface area contributed by atoms with Crippen molar-refractivity contribution < 1.29 is 54.9 Å². The van der Waals surface area contributed by atoms with E-state index in [2.05, 4.69) is 9.47 Å². The summed E-state index contributed by atoms with van der Waals surface area (Å²) in [4.78, 5) is 21.4. The average Bonchev–Trinajstić information content (AvgIpc) is 2.91. The lowest BCUT2D eigenvalue weighted by atomic mass is 10.1. The second kappa shape index (κ2) is 5.57. The van der Waals surface area contributed by atoms with E-state index in [1.165, 1.54) is 0 Å². The Morgan fingerprint density at radius 2 is 1.09 bits per heavy atom. The molecule has 0 unspecified atom stereocenters. The van der Waals surface area contributed by atoms with Crippen LogP contribution in [0.25, 0.3) is 0 Å². The van der Waals surface area contributed by atoms with Crippen molar-refractivity contribution in [3.05, 3.63) is 0 Å². The van der Waals surface area contributed by atoms with Crippen LogP contribution in [-0.4, -0.2) is 61.9 Å². The van der Waals surface area contributed by atoms with Crippen LogP contribution in [0.1, 0.15) is 0 Å². The molecule has 2 fully saturated rings. The quantitative estimate of drug-likeness (QED) is 0.546. The van der Waals surface area contributed by atoms with Crippen LogP contribution in [0.2, 0.25) is 0 Å². The summed E-state index contributed by atoms with van der Waals surface area (Å²) < 4.78 is 90.6. The largest absolute Gasteiger partial charge is 0.490 e. The summed E-state index contributed by atoms with van der Waals surface area (Å²) in [7, 11) is 0. The van der Waals surface area contributed by atoms with Gasteiger partial charge in [0.05, 0.1) is 13.2 Å². The lowest BCUT2D eigenvalue weighted by Gasteiger charge is -2.18. The Morgan fingerprint density at radius 3 is 1.36 bits per heavy atom. The van der Waals surface area contributed by atoms with Gasteiger partial charge in [0.2, 0.25) is 0 Å². The van der Waals surface area contributed by atoms with Gasteiger partial charge in [-0.25, -0.2) is 9.59 Å². The predicted octanol–water partition coefficient (Wildman–Crippen LogP) is 0.732. The van der Waals surface area contributed by atoms with Crippen LogP contribution in [0.3, 0.4) is 0 Å². The Kier molecular flexibility index (Phi) is 4.26. The van der Waals surface area contributed by atoms with E-state index < -0.39 is 61.9 Å². The van der Waals surface area contributed by atoms with Crippen LogP contribution in [0.4, 0.5) is 26.3 Å². The smallest absolute Gasteiger partial charge is 0.450 e. The van der Waals surface area contributed by atoms with E-state index in [1.807, 2.05) is 0 Å². The maximum absolute atomic E-state index is 12.1. The molecule has 2 aliphatic rings. The second-order valence-corrected chi connectivity index (χ2v) is 4.48. The molecule has 0 saturated carbocycles. The SMILES string of the molecule is O=C(O[C@H]1CO[C@H]2[C@@H]1OC[C@H]2OC(=O)C(F)(F)F)C(F)(F)F. The third-order valence-electron chi connectivity index (χ3n) is 2.94. The fourth-order valence-corrected chi connectivity index (χ4v) is 2.04. The third-order valence-corrected chi connectivity index (χ3v) is 2.94. The highest BCUT2D eigenvalue weighted by Gasteiger charge is 2.55. The van der Waals surface area contributed by atoms with E-state index in [0.29, 0.717) is 0 Å². The Labute approximate surface area is 118 Å². The summed E-state index contributed by atoms with van der Waals surface area (Å²) in [6.45, 7) is -1.03. The highest BCUT2D eigenvalue weighted by atomic mass is 19.4. The number of hydrogen-bond acceptors (Lipinski definition) is 6. The topological polar surface area (TPSA) is 71.1 Å².